The Morgan fingerprint density at radius 3 is 2.00 bits per heavy atom. The van der Waals surface area contributed by atoms with Crippen LogP contribution in [0.2, 0.25) is 5.02 Å². The molecular weight excluding hydrogens is 178 g/mol. The first-order valence-electron chi connectivity index (χ1n) is 3.10. The molecular formula is C8H8ClNO2. The molecule has 0 aliphatic carbocycles. The summed E-state index contributed by atoms with van der Waals surface area (Å²) in [6.45, 7) is 6.00. The van der Waals surface area contributed by atoms with Crippen LogP contribution in [0.4, 0.5) is 5.69 Å². The Bertz CT molecular complexity index is 258. The fraction of sp³-hybridized carbons (Fsp3) is 0. The zero-order valence-electron chi connectivity index (χ0n) is 6.37. The maximum absolute atomic E-state index is 10.1. The molecule has 0 bridgehead atoms. The molecule has 1 rings (SSSR count). The van der Waals surface area contributed by atoms with Crippen LogP contribution in [0.5, 0.6) is 0 Å². The summed E-state index contributed by atoms with van der Waals surface area (Å²) in [6, 6.07) is 5.70. The Balaban J connectivity index is 0.000000561. The molecule has 0 fully saturated rings. The first kappa shape index (κ1) is 10.7. The fourth-order valence-electron chi connectivity index (χ4n) is 0.563. The first-order valence-corrected chi connectivity index (χ1v) is 3.48. The standard InChI is InChI=1S/C6H4ClNO2.C2H4/c7-5-1-3-6(4-2-5)8(9)10;1-2/h1-4H;1-2H2. The normalized spacial score (nSPS) is 8.08. The Labute approximate surface area is 75.4 Å². The van der Waals surface area contributed by atoms with Gasteiger partial charge in [0.1, 0.15) is 0 Å². The minimum absolute atomic E-state index is 0.0596. The molecule has 0 unspecified atom stereocenters. The zero-order valence-corrected chi connectivity index (χ0v) is 7.12. The van der Waals surface area contributed by atoms with Gasteiger partial charge in [-0.15, -0.1) is 13.2 Å². The molecule has 0 heterocycles. The summed E-state index contributed by atoms with van der Waals surface area (Å²) < 4.78 is 0. The van der Waals surface area contributed by atoms with E-state index in [1.54, 1.807) is 0 Å². The molecule has 12 heavy (non-hydrogen) atoms. The summed E-state index contributed by atoms with van der Waals surface area (Å²) >= 11 is 5.49. The van der Waals surface area contributed by atoms with E-state index in [9.17, 15) is 10.1 Å². The van der Waals surface area contributed by atoms with Gasteiger partial charge in [-0.2, -0.15) is 0 Å². The van der Waals surface area contributed by atoms with E-state index >= 15 is 0 Å². The summed E-state index contributed by atoms with van der Waals surface area (Å²) in [7, 11) is 0. The van der Waals surface area contributed by atoms with Gasteiger partial charge in [0.05, 0.1) is 4.92 Å². The van der Waals surface area contributed by atoms with E-state index in [4.69, 9.17) is 11.6 Å². The minimum atomic E-state index is -0.462. The van der Waals surface area contributed by atoms with Crippen LogP contribution < -0.4 is 0 Å². The lowest BCUT2D eigenvalue weighted by Crippen LogP contribution is -1.85. The Morgan fingerprint density at radius 1 is 1.25 bits per heavy atom. The largest absolute Gasteiger partial charge is 0.269 e. The van der Waals surface area contributed by atoms with Crippen molar-refractivity contribution >= 4 is 17.3 Å². The van der Waals surface area contributed by atoms with Crippen LogP contribution in [0.1, 0.15) is 0 Å². The molecule has 0 saturated carbocycles. The third-order valence-corrected chi connectivity index (χ3v) is 1.29. The first-order chi connectivity index (χ1) is 5.70. The molecule has 0 aliphatic heterocycles. The van der Waals surface area contributed by atoms with Crippen LogP contribution in [-0.4, -0.2) is 4.92 Å². The van der Waals surface area contributed by atoms with Crippen molar-refractivity contribution in [2.24, 2.45) is 0 Å². The van der Waals surface area contributed by atoms with Gasteiger partial charge in [-0.25, -0.2) is 0 Å². The van der Waals surface area contributed by atoms with Crippen LogP contribution in [0.3, 0.4) is 0 Å². The number of non-ortho nitro benzene ring substituents is 1. The van der Waals surface area contributed by atoms with E-state index in [1.807, 2.05) is 0 Å². The fourth-order valence-corrected chi connectivity index (χ4v) is 0.689. The highest BCUT2D eigenvalue weighted by Crippen LogP contribution is 2.14. The van der Waals surface area contributed by atoms with Crippen molar-refractivity contribution in [1.82, 2.24) is 0 Å². The second kappa shape index (κ2) is 5.32. The molecule has 0 amide bonds. The van der Waals surface area contributed by atoms with E-state index in [-0.39, 0.29) is 5.69 Å². The lowest BCUT2D eigenvalue weighted by molar-refractivity contribution is -0.384. The van der Waals surface area contributed by atoms with Gasteiger partial charge >= 0.3 is 0 Å². The van der Waals surface area contributed by atoms with Gasteiger partial charge < -0.3 is 0 Å². The molecule has 0 saturated heterocycles. The van der Waals surface area contributed by atoms with Gasteiger partial charge in [0, 0.05) is 17.2 Å². The van der Waals surface area contributed by atoms with Crippen LogP contribution in [0, 0.1) is 10.1 Å². The smallest absolute Gasteiger partial charge is 0.258 e. The van der Waals surface area contributed by atoms with Gasteiger partial charge in [0.2, 0.25) is 0 Å². The average Bonchev–Trinajstić information content (AvgIpc) is 2.09. The topological polar surface area (TPSA) is 43.1 Å². The summed E-state index contributed by atoms with van der Waals surface area (Å²) in [5.74, 6) is 0. The molecule has 1 aromatic rings. The molecule has 0 atom stereocenters. The number of rotatable bonds is 1. The quantitative estimate of drug-likeness (QED) is 0.383. The van der Waals surface area contributed by atoms with E-state index < -0.39 is 4.92 Å². The molecule has 0 N–H and O–H groups in total. The van der Waals surface area contributed by atoms with E-state index in [2.05, 4.69) is 13.2 Å². The summed E-state index contributed by atoms with van der Waals surface area (Å²) in [6.07, 6.45) is 0. The SMILES string of the molecule is C=C.O=[N+]([O-])c1ccc(Cl)cc1. The summed E-state index contributed by atoms with van der Waals surface area (Å²) in [5.41, 5.74) is 0.0596. The highest BCUT2D eigenvalue weighted by atomic mass is 35.5. The average molecular weight is 186 g/mol. The van der Waals surface area contributed by atoms with Crippen molar-refractivity contribution in [3.63, 3.8) is 0 Å². The maximum atomic E-state index is 10.1. The number of nitro benzene ring substituents is 1. The Hall–Kier alpha value is -1.35. The van der Waals surface area contributed by atoms with E-state index in [0.29, 0.717) is 5.02 Å². The second-order valence-corrected chi connectivity index (χ2v) is 2.17. The van der Waals surface area contributed by atoms with Gasteiger partial charge in [-0.1, -0.05) is 11.6 Å². The number of hydrogen-bond donors (Lipinski definition) is 0. The number of nitrogens with zero attached hydrogens (tertiary/aromatic N) is 1. The Morgan fingerprint density at radius 2 is 1.67 bits per heavy atom. The molecule has 3 nitrogen and oxygen atoms in total. The highest BCUT2D eigenvalue weighted by Gasteiger charge is 2.01. The molecule has 0 spiro atoms. The summed E-state index contributed by atoms with van der Waals surface area (Å²) in [5, 5.41) is 10.6. The molecule has 1 aromatic carbocycles. The van der Waals surface area contributed by atoms with Gasteiger partial charge in [0.25, 0.3) is 5.69 Å². The Kier molecular flexibility index (Phi) is 4.72. The lowest BCUT2D eigenvalue weighted by Gasteiger charge is -1.88. The van der Waals surface area contributed by atoms with Crippen molar-refractivity contribution in [3.8, 4) is 0 Å². The van der Waals surface area contributed by atoms with Crippen molar-refractivity contribution < 1.29 is 4.92 Å². The van der Waals surface area contributed by atoms with E-state index in [0.717, 1.165) is 0 Å². The minimum Gasteiger partial charge on any atom is -0.258 e. The number of benzene rings is 1. The molecule has 4 heteroatoms. The van der Waals surface area contributed by atoms with Crippen molar-refractivity contribution in [1.29, 1.82) is 0 Å². The number of nitro groups is 1. The third-order valence-electron chi connectivity index (χ3n) is 1.04. The molecule has 0 aliphatic rings. The maximum Gasteiger partial charge on any atom is 0.269 e. The van der Waals surface area contributed by atoms with Crippen LogP contribution in [-0.2, 0) is 0 Å². The molecule has 64 valence electrons. The monoisotopic (exact) mass is 185 g/mol. The van der Waals surface area contributed by atoms with Crippen molar-refractivity contribution in [2.45, 2.75) is 0 Å². The van der Waals surface area contributed by atoms with Gasteiger partial charge in [-0.05, 0) is 12.1 Å². The van der Waals surface area contributed by atoms with Gasteiger partial charge in [0.15, 0.2) is 0 Å². The molecule has 0 aromatic heterocycles. The predicted octanol–water partition coefficient (Wildman–Crippen LogP) is 3.05. The number of halogens is 1. The molecule has 0 radical (unpaired) electrons. The second-order valence-electron chi connectivity index (χ2n) is 1.73. The van der Waals surface area contributed by atoms with E-state index in [1.165, 1.54) is 24.3 Å². The predicted molar refractivity (Wildman–Crippen MR) is 49.4 cm³/mol. The van der Waals surface area contributed by atoms with Crippen LogP contribution in [0.15, 0.2) is 37.4 Å². The summed E-state index contributed by atoms with van der Waals surface area (Å²) in [4.78, 5) is 9.61. The third kappa shape index (κ3) is 3.16. The van der Waals surface area contributed by atoms with Crippen molar-refractivity contribution in [3.05, 3.63) is 52.6 Å². The highest BCUT2D eigenvalue weighted by molar-refractivity contribution is 6.30. The van der Waals surface area contributed by atoms with Crippen molar-refractivity contribution in [2.75, 3.05) is 0 Å². The van der Waals surface area contributed by atoms with Crippen LogP contribution >= 0.6 is 11.6 Å². The zero-order chi connectivity index (χ0) is 9.56. The van der Waals surface area contributed by atoms with Crippen LogP contribution in [0.25, 0.3) is 0 Å². The number of hydrogen-bond acceptors (Lipinski definition) is 2. The van der Waals surface area contributed by atoms with Gasteiger partial charge in [-0.3, -0.25) is 10.1 Å². The lowest BCUT2D eigenvalue weighted by atomic mass is 10.3.